The molecule has 1 saturated carbocycles. The number of carboxylic acids is 1. The maximum Gasteiger partial charge on any atom is 0.313 e. The third-order valence-electron chi connectivity index (χ3n) is 4.22. The zero-order chi connectivity index (χ0) is 14.7. The van der Waals surface area contributed by atoms with Crippen molar-refractivity contribution in [2.45, 2.75) is 57.7 Å². The van der Waals surface area contributed by atoms with E-state index in [-0.39, 0.29) is 5.75 Å². The average molecular weight is 296 g/mol. The fourth-order valence-electron chi connectivity index (χ4n) is 2.98. The van der Waals surface area contributed by atoms with Crippen LogP contribution >= 0.6 is 11.8 Å². The third-order valence-corrected chi connectivity index (χ3v) is 5.20. The Morgan fingerprint density at radius 2 is 2.30 bits per heavy atom. The van der Waals surface area contributed by atoms with Gasteiger partial charge in [0.2, 0.25) is 0 Å². The lowest BCUT2D eigenvalue weighted by molar-refractivity contribution is -0.133. The molecule has 2 rings (SSSR count). The minimum Gasteiger partial charge on any atom is -0.481 e. The van der Waals surface area contributed by atoms with Gasteiger partial charge in [-0.25, -0.2) is 4.98 Å². The zero-order valence-corrected chi connectivity index (χ0v) is 13.3. The first-order valence-corrected chi connectivity index (χ1v) is 8.37. The van der Waals surface area contributed by atoms with E-state index in [4.69, 9.17) is 5.11 Å². The van der Waals surface area contributed by atoms with Crippen LogP contribution in [0.2, 0.25) is 0 Å². The van der Waals surface area contributed by atoms with Crippen LogP contribution in [0.25, 0.3) is 0 Å². The van der Waals surface area contributed by atoms with E-state index < -0.39 is 5.97 Å². The summed E-state index contributed by atoms with van der Waals surface area (Å²) in [7, 11) is 0. The van der Waals surface area contributed by atoms with Crippen molar-refractivity contribution in [2.24, 2.45) is 11.8 Å². The Balaban J connectivity index is 2.17. The van der Waals surface area contributed by atoms with Gasteiger partial charge in [-0.3, -0.25) is 4.79 Å². The molecule has 2 unspecified atom stereocenters. The molecule has 1 N–H and O–H groups in total. The van der Waals surface area contributed by atoms with Crippen molar-refractivity contribution in [3.63, 3.8) is 0 Å². The molecule has 5 heteroatoms. The van der Waals surface area contributed by atoms with Gasteiger partial charge in [0, 0.05) is 18.4 Å². The fraction of sp³-hybridized carbons (Fsp3) is 0.733. The van der Waals surface area contributed by atoms with Crippen LogP contribution in [0.15, 0.2) is 11.4 Å². The monoisotopic (exact) mass is 296 g/mol. The van der Waals surface area contributed by atoms with Crippen molar-refractivity contribution in [3.05, 3.63) is 11.9 Å². The highest BCUT2D eigenvalue weighted by Crippen LogP contribution is 2.34. The number of aliphatic carboxylic acids is 1. The molecule has 1 aliphatic rings. The summed E-state index contributed by atoms with van der Waals surface area (Å²) in [6.07, 6.45) is 5.82. The molecule has 1 fully saturated rings. The molecule has 20 heavy (non-hydrogen) atoms. The second-order valence-corrected chi connectivity index (χ2v) is 7.02. The highest BCUT2D eigenvalue weighted by Gasteiger charge is 2.26. The summed E-state index contributed by atoms with van der Waals surface area (Å²) in [5.74, 6) is 1.17. The molecule has 4 nitrogen and oxygen atoms in total. The van der Waals surface area contributed by atoms with Crippen LogP contribution in [0, 0.1) is 11.8 Å². The lowest BCUT2D eigenvalue weighted by Gasteiger charge is -2.20. The number of carboxylic acid groups (broad SMARTS) is 1. The summed E-state index contributed by atoms with van der Waals surface area (Å²) in [4.78, 5) is 15.2. The standard InChI is InChI=1S/C15H24N2O2S/c1-10(2)13-7-16-15(20-9-14(18)19)17(13)8-12-6-4-5-11(12)3/h7,10-12H,4-6,8-9H2,1-3H3,(H,18,19). The van der Waals surface area contributed by atoms with Crippen LogP contribution in [0.5, 0.6) is 0 Å². The van der Waals surface area contributed by atoms with Gasteiger partial charge in [0.15, 0.2) is 5.16 Å². The average Bonchev–Trinajstić information content (AvgIpc) is 2.95. The number of aromatic nitrogens is 2. The van der Waals surface area contributed by atoms with Crippen LogP contribution in [-0.4, -0.2) is 26.4 Å². The van der Waals surface area contributed by atoms with Gasteiger partial charge in [0.1, 0.15) is 0 Å². The molecule has 0 spiro atoms. The number of rotatable bonds is 6. The van der Waals surface area contributed by atoms with E-state index in [2.05, 4.69) is 30.3 Å². The molecule has 1 heterocycles. The van der Waals surface area contributed by atoms with Crippen molar-refractivity contribution in [2.75, 3.05) is 5.75 Å². The highest BCUT2D eigenvalue weighted by molar-refractivity contribution is 7.99. The number of nitrogens with zero attached hydrogens (tertiary/aromatic N) is 2. The van der Waals surface area contributed by atoms with Crippen LogP contribution < -0.4 is 0 Å². The molecule has 0 aromatic carbocycles. The van der Waals surface area contributed by atoms with Crippen LogP contribution in [0.1, 0.15) is 51.6 Å². The van der Waals surface area contributed by atoms with Crippen molar-refractivity contribution in [3.8, 4) is 0 Å². The van der Waals surface area contributed by atoms with Gasteiger partial charge in [0.25, 0.3) is 0 Å². The fourth-order valence-corrected chi connectivity index (χ4v) is 3.70. The smallest absolute Gasteiger partial charge is 0.313 e. The Hall–Kier alpha value is -0.970. The third kappa shape index (κ3) is 3.57. The first-order chi connectivity index (χ1) is 9.49. The summed E-state index contributed by atoms with van der Waals surface area (Å²) >= 11 is 1.33. The molecule has 0 radical (unpaired) electrons. The largest absolute Gasteiger partial charge is 0.481 e. The number of carbonyl (C=O) groups is 1. The van der Waals surface area contributed by atoms with E-state index in [0.717, 1.165) is 17.6 Å². The molecule has 0 aliphatic heterocycles. The number of hydrogen-bond donors (Lipinski definition) is 1. The minimum absolute atomic E-state index is 0.0781. The van der Waals surface area contributed by atoms with Gasteiger partial charge in [-0.05, 0) is 24.2 Å². The predicted molar refractivity (Wildman–Crippen MR) is 81.2 cm³/mol. The van der Waals surface area contributed by atoms with E-state index in [1.807, 2.05) is 6.20 Å². The zero-order valence-electron chi connectivity index (χ0n) is 12.5. The second-order valence-electron chi connectivity index (χ2n) is 6.08. The quantitative estimate of drug-likeness (QED) is 0.815. The van der Waals surface area contributed by atoms with Crippen molar-refractivity contribution < 1.29 is 9.90 Å². The van der Waals surface area contributed by atoms with Gasteiger partial charge in [-0.1, -0.05) is 45.4 Å². The molecule has 0 saturated heterocycles. The number of thioether (sulfide) groups is 1. The minimum atomic E-state index is -0.787. The molecule has 1 aliphatic carbocycles. The first kappa shape index (κ1) is 15.4. The maximum atomic E-state index is 10.8. The van der Waals surface area contributed by atoms with Crippen LogP contribution in [0.4, 0.5) is 0 Å². The molecule has 112 valence electrons. The molecule has 2 atom stereocenters. The van der Waals surface area contributed by atoms with Gasteiger partial charge >= 0.3 is 5.97 Å². The normalized spacial score (nSPS) is 22.6. The Bertz CT molecular complexity index is 470. The van der Waals surface area contributed by atoms with E-state index >= 15 is 0 Å². The Morgan fingerprint density at radius 1 is 1.55 bits per heavy atom. The molecule has 0 bridgehead atoms. The Morgan fingerprint density at radius 3 is 2.85 bits per heavy atom. The number of hydrogen-bond acceptors (Lipinski definition) is 3. The molecular weight excluding hydrogens is 272 g/mol. The summed E-state index contributed by atoms with van der Waals surface area (Å²) < 4.78 is 2.25. The van der Waals surface area contributed by atoms with Crippen LogP contribution in [-0.2, 0) is 11.3 Å². The van der Waals surface area contributed by atoms with E-state index in [1.54, 1.807) is 0 Å². The summed E-state index contributed by atoms with van der Waals surface area (Å²) in [6.45, 7) is 7.64. The maximum absolute atomic E-state index is 10.8. The van der Waals surface area contributed by atoms with Crippen molar-refractivity contribution in [1.29, 1.82) is 0 Å². The van der Waals surface area contributed by atoms with Gasteiger partial charge < -0.3 is 9.67 Å². The Kier molecular flexibility index (Phi) is 5.13. The van der Waals surface area contributed by atoms with E-state index in [1.165, 1.54) is 36.7 Å². The van der Waals surface area contributed by atoms with E-state index in [0.29, 0.717) is 11.8 Å². The van der Waals surface area contributed by atoms with Gasteiger partial charge in [0.05, 0.1) is 5.75 Å². The van der Waals surface area contributed by atoms with Crippen molar-refractivity contribution >= 4 is 17.7 Å². The van der Waals surface area contributed by atoms with Gasteiger partial charge in [-0.15, -0.1) is 0 Å². The number of imidazole rings is 1. The lowest BCUT2D eigenvalue weighted by Crippen LogP contribution is -2.16. The Labute approximate surface area is 125 Å². The summed E-state index contributed by atoms with van der Waals surface area (Å²) in [5, 5.41) is 9.71. The molecule has 1 aromatic heterocycles. The topological polar surface area (TPSA) is 55.1 Å². The molecule has 0 amide bonds. The second kappa shape index (κ2) is 6.66. The highest BCUT2D eigenvalue weighted by atomic mass is 32.2. The van der Waals surface area contributed by atoms with Crippen molar-refractivity contribution in [1.82, 2.24) is 9.55 Å². The molecule has 1 aromatic rings. The summed E-state index contributed by atoms with van der Waals surface area (Å²) in [6, 6.07) is 0. The summed E-state index contributed by atoms with van der Waals surface area (Å²) in [5.41, 5.74) is 1.22. The van der Waals surface area contributed by atoms with E-state index in [9.17, 15) is 4.79 Å². The van der Waals surface area contributed by atoms with Gasteiger partial charge in [-0.2, -0.15) is 0 Å². The lowest BCUT2D eigenvalue weighted by atomic mass is 9.98. The first-order valence-electron chi connectivity index (χ1n) is 7.39. The van der Waals surface area contributed by atoms with Crippen LogP contribution in [0.3, 0.4) is 0 Å². The SMILES string of the molecule is CC(C)c1cnc(SCC(=O)O)n1CC1CCCC1C. The molecular formula is C15H24N2O2S. The predicted octanol–water partition coefficient (Wildman–Crippen LogP) is 3.62.